The number of ether oxygens (including phenoxy) is 1. The summed E-state index contributed by atoms with van der Waals surface area (Å²) < 4.78 is 5.78. The van der Waals surface area contributed by atoms with Gasteiger partial charge < -0.3 is 15.6 Å². The zero-order valence-electron chi connectivity index (χ0n) is 11.0. The Kier molecular flexibility index (Phi) is 2.86. The summed E-state index contributed by atoms with van der Waals surface area (Å²) in [5, 5.41) is 9.03. The minimum atomic E-state index is -1.23. The molecule has 0 aromatic heterocycles. The van der Waals surface area contributed by atoms with E-state index in [0.29, 0.717) is 6.42 Å². The first kappa shape index (κ1) is 12.9. The van der Waals surface area contributed by atoms with Crippen LogP contribution in [0.4, 0.5) is 0 Å². The molecule has 1 heterocycles. The van der Waals surface area contributed by atoms with Crippen LogP contribution in [0.25, 0.3) is 0 Å². The molecule has 1 atom stereocenters. The number of rotatable bonds is 3. The summed E-state index contributed by atoms with van der Waals surface area (Å²) in [6.07, 6.45) is 1.15. The number of hydrogen-bond acceptors (Lipinski definition) is 3. The van der Waals surface area contributed by atoms with Crippen LogP contribution in [0.5, 0.6) is 5.75 Å². The summed E-state index contributed by atoms with van der Waals surface area (Å²) in [7, 11) is 0. The third-order valence-corrected chi connectivity index (χ3v) is 3.19. The third-order valence-electron chi connectivity index (χ3n) is 3.19. The van der Waals surface area contributed by atoms with E-state index >= 15 is 0 Å². The van der Waals surface area contributed by atoms with Crippen LogP contribution < -0.4 is 10.5 Å². The molecule has 0 saturated heterocycles. The molecular weight excluding hydrogens is 230 g/mol. The van der Waals surface area contributed by atoms with Crippen molar-refractivity contribution < 1.29 is 14.6 Å². The van der Waals surface area contributed by atoms with E-state index < -0.39 is 11.5 Å². The molecule has 0 spiro atoms. The summed E-state index contributed by atoms with van der Waals surface area (Å²) in [6.45, 7) is 5.61. The van der Waals surface area contributed by atoms with Gasteiger partial charge in [-0.1, -0.05) is 12.1 Å². The standard InChI is InChI=1S/C14H19NO3/c1-13(2)8-10-6-9(4-5-11(10)18-13)7-14(3,15)12(16)17/h4-6H,7-8,15H2,1-3H3,(H,16,17)/t14-/m0/s1. The van der Waals surface area contributed by atoms with E-state index in [-0.39, 0.29) is 5.60 Å². The van der Waals surface area contributed by atoms with Crippen molar-refractivity contribution in [3.8, 4) is 5.75 Å². The van der Waals surface area contributed by atoms with Gasteiger partial charge in [0.05, 0.1) is 0 Å². The van der Waals surface area contributed by atoms with Gasteiger partial charge in [0.1, 0.15) is 16.9 Å². The van der Waals surface area contributed by atoms with E-state index in [1.165, 1.54) is 6.92 Å². The van der Waals surface area contributed by atoms with Crippen molar-refractivity contribution in [3.05, 3.63) is 29.3 Å². The second-order valence-electron chi connectivity index (χ2n) is 5.88. The van der Waals surface area contributed by atoms with Gasteiger partial charge in [-0.2, -0.15) is 0 Å². The lowest BCUT2D eigenvalue weighted by molar-refractivity contribution is -0.142. The van der Waals surface area contributed by atoms with Crippen molar-refractivity contribution in [3.63, 3.8) is 0 Å². The first-order valence-corrected chi connectivity index (χ1v) is 6.03. The van der Waals surface area contributed by atoms with Crippen molar-refractivity contribution in [1.29, 1.82) is 0 Å². The van der Waals surface area contributed by atoms with Crippen LogP contribution in [0.1, 0.15) is 31.9 Å². The Labute approximate surface area is 107 Å². The lowest BCUT2D eigenvalue weighted by Crippen LogP contribution is -2.46. The maximum atomic E-state index is 11.0. The average Bonchev–Trinajstić information content (AvgIpc) is 2.50. The average molecular weight is 249 g/mol. The summed E-state index contributed by atoms with van der Waals surface area (Å²) in [6, 6.07) is 5.78. The highest BCUT2D eigenvalue weighted by Crippen LogP contribution is 2.35. The minimum absolute atomic E-state index is 0.181. The molecule has 98 valence electrons. The topological polar surface area (TPSA) is 72.6 Å². The molecule has 3 N–H and O–H groups in total. The predicted octanol–water partition coefficient (Wildman–Crippen LogP) is 1.74. The van der Waals surface area contributed by atoms with Crippen LogP contribution >= 0.6 is 0 Å². The zero-order chi connectivity index (χ0) is 13.6. The summed E-state index contributed by atoms with van der Waals surface area (Å²) >= 11 is 0. The zero-order valence-corrected chi connectivity index (χ0v) is 11.0. The van der Waals surface area contributed by atoms with Gasteiger partial charge in [0.2, 0.25) is 0 Å². The molecule has 0 radical (unpaired) electrons. The Morgan fingerprint density at radius 1 is 1.56 bits per heavy atom. The van der Waals surface area contributed by atoms with Crippen LogP contribution in [0.15, 0.2) is 18.2 Å². The van der Waals surface area contributed by atoms with Crippen molar-refractivity contribution in [2.24, 2.45) is 5.73 Å². The van der Waals surface area contributed by atoms with Gasteiger partial charge in [-0.05, 0) is 38.0 Å². The quantitative estimate of drug-likeness (QED) is 0.856. The molecule has 0 unspecified atom stereocenters. The van der Waals surface area contributed by atoms with Gasteiger partial charge in [0, 0.05) is 12.8 Å². The second-order valence-corrected chi connectivity index (χ2v) is 5.88. The molecule has 1 aromatic rings. The molecule has 0 amide bonds. The van der Waals surface area contributed by atoms with Crippen molar-refractivity contribution >= 4 is 5.97 Å². The van der Waals surface area contributed by atoms with Crippen LogP contribution in [-0.2, 0) is 17.6 Å². The fraction of sp³-hybridized carbons (Fsp3) is 0.500. The van der Waals surface area contributed by atoms with Gasteiger partial charge >= 0.3 is 5.97 Å². The molecule has 0 fully saturated rings. The van der Waals surface area contributed by atoms with Crippen molar-refractivity contribution in [2.45, 2.75) is 44.8 Å². The molecule has 4 nitrogen and oxygen atoms in total. The van der Waals surface area contributed by atoms with Crippen LogP contribution in [0.3, 0.4) is 0 Å². The molecule has 0 bridgehead atoms. The Morgan fingerprint density at radius 2 is 2.22 bits per heavy atom. The van der Waals surface area contributed by atoms with E-state index in [1.54, 1.807) is 0 Å². The largest absolute Gasteiger partial charge is 0.487 e. The molecule has 18 heavy (non-hydrogen) atoms. The SMILES string of the molecule is CC1(C)Cc2cc(C[C@](C)(N)C(=O)O)ccc2O1. The fourth-order valence-electron chi connectivity index (χ4n) is 2.27. The highest BCUT2D eigenvalue weighted by atomic mass is 16.5. The van der Waals surface area contributed by atoms with Crippen LogP contribution in [0, 0.1) is 0 Å². The number of carboxylic acids is 1. The Hall–Kier alpha value is -1.55. The number of hydrogen-bond donors (Lipinski definition) is 2. The predicted molar refractivity (Wildman–Crippen MR) is 68.8 cm³/mol. The lowest BCUT2D eigenvalue weighted by atomic mass is 9.92. The fourth-order valence-corrected chi connectivity index (χ4v) is 2.27. The number of nitrogens with two attached hydrogens (primary N) is 1. The smallest absolute Gasteiger partial charge is 0.323 e. The minimum Gasteiger partial charge on any atom is -0.487 e. The normalized spacial score (nSPS) is 19.8. The number of aliphatic carboxylic acids is 1. The van der Waals surface area contributed by atoms with Crippen LogP contribution in [0.2, 0.25) is 0 Å². The summed E-state index contributed by atoms with van der Waals surface area (Å²) in [5.41, 5.74) is 6.40. The van der Waals surface area contributed by atoms with Crippen molar-refractivity contribution in [1.82, 2.24) is 0 Å². The molecule has 1 aliphatic heterocycles. The first-order chi connectivity index (χ1) is 8.20. The van der Waals surface area contributed by atoms with Gasteiger partial charge in [-0.25, -0.2) is 0 Å². The van der Waals surface area contributed by atoms with E-state index in [2.05, 4.69) is 0 Å². The van der Waals surface area contributed by atoms with E-state index in [4.69, 9.17) is 15.6 Å². The molecule has 0 aliphatic carbocycles. The molecule has 1 aliphatic rings. The number of carbonyl (C=O) groups is 1. The third kappa shape index (κ3) is 2.48. The van der Waals surface area contributed by atoms with Gasteiger partial charge in [-0.3, -0.25) is 4.79 Å². The highest BCUT2D eigenvalue weighted by molar-refractivity contribution is 5.78. The van der Waals surface area contributed by atoms with Gasteiger partial charge in [-0.15, -0.1) is 0 Å². The van der Waals surface area contributed by atoms with E-state index in [1.807, 2.05) is 32.0 Å². The number of benzene rings is 1. The van der Waals surface area contributed by atoms with Crippen molar-refractivity contribution in [2.75, 3.05) is 0 Å². The second kappa shape index (κ2) is 3.99. The lowest BCUT2D eigenvalue weighted by Gasteiger charge is -2.19. The Morgan fingerprint density at radius 3 is 2.83 bits per heavy atom. The number of carboxylic acid groups (broad SMARTS) is 1. The molecule has 2 rings (SSSR count). The Bertz CT molecular complexity index is 492. The first-order valence-electron chi connectivity index (χ1n) is 6.03. The molecule has 0 saturated carbocycles. The Balaban J connectivity index is 2.22. The monoisotopic (exact) mass is 249 g/mol. The van der Waals surface area contributed by atoms with E-state index in [0.717, 1.165) is 23.3 Å². The van der Waals surface area contributed by atoms with Crippen LogP contribution in [-0.4, -0.2) is 22.2 Å². The maximum absolute atomic E-state index is 11.0. The molecule has 4 heteroatoms. The summed E-state index contributed by atoms with van der Waals surface area (Å²) in [5.74, 6) is -0.0997. The highest BCUT2D eigenvalue weighted by Gasteiger charge is 2.32. The van der Waals surface area contributed by atoms with Gasteiger partial charge in [0.25, 0.3) is 0 Å². The maximum Gasteiger partial charge on any atom is 0.323 e. The number of fused-ring (bicyclic) bond motifs is 1. The van der Waals surface area contributed by atoms with Gasteiger partial charge in [0.15, 0.2) is 0 Å². The molecule has 1 aromatic carbocycles. The molecular formula is C14H19NO3. The summed E-state index contributed by atoms with van der Waals surface area (Å²) in [4.78, 5) is 11.0. The van der Waals surface area contributed by atoms with E-state index in [9.17, 15) is 4.79 Å².